The summed E-state index contributed by atoms with van der Waals surface area (Å²) in [5, 5.41) is 10.9. The van der Waals surface area contributed by atoms with Gasteiger partial charge in [0.2, 0.25) is 5.70 Å². The number of hydrogen-bond acceptors (Lipinski definition) is 4. The van der Waals surface area contributed by atoms with Gasteiger partial charge >= 0.3 is 5.97 Å². The highest BCUT2D eigenvalue weighted by atomic mass is 16.6. The summed E-state index contributed by atoms with van der Waals surface area (Å²) in [6, 6.07) is 0. The van der Waals surface area contributed by atoms with E-state index < -0.39 is 0 Å². The van der Waals surface area contributed by atoms with E-state index in [2.05, 4.69) is 0 Å². The third-order valence-corrected chi connectivity index (χ3v) is 3.19. The van der Waals surface area contributed by atoms with E-state index >= 15 is 0 Å². The van der Waals surface area contributed by atoms with Crippen molar-refractivity contribution in [2.24, 2.45) is 0 Å². The highest BCUT2D eigenvalue weighted by Gasteiger charge is 2.21. The summed E-state index contributed by atoms with van der Waals surface area (Å²) in [6.07, 6.45) is 6.13. The van der Waals surface area contributed by atoms with Crippen molar-refractivity contribution in [1.82, 2.24) is 0 Å². The molecule has 18 heavy (non-hydrogen) atoms. The molecule has 0 heterocycles. The SMILES string of the molecule is CCOC(=O)CCCCC1=C([N+](=O)[O-])CCCC1. The number of rotatable bonds is 7. The van der Waals surface area contributed by atoms with Crippen LogP contribution in [0.15, 0.2) is 11.3 Å². The van der Waals surface area contributed by atoms with Crippen molar-refractivity contribution in [3.63, 3.8) is 0 Å². The number of carbonyl (C=O) groups excluding carboxylic acids is 1. The molecule has 0 aliphatic heterocycles. The number of nitro groups is 1. The molecule has 1 aliphatic carbocycles. The van der Waals surface area contributed by atoms with Crippen LogP contribution >= 0.6 is 0 Å². The van der Waals surface area contributed by atoms with Gasteiger partial charge in [0.1, 0.15) is 0 Å². The maximum absolute atomic E-state index is 11.1. The number of carbonyl (C=O) groups is 1. The number of nitrogens with zero attached hydrogens (tertiary/aromatic N) is 1. The smallest absolute Gasteiger partial charge is 0.305 e. The third-order valence-electron chi connectivity index (χ3n) is 3.19. The molecular formula is C13H21NO4. The van der Waals surface area contributed by atoms with E-state index in [9.17, 15) is 14.9 Å². The second-order valence-electron chi connectivity index (χ2n) is 4.53. The van der Waals surface area contributed by atoms with E-state index in [1.165, 1.54) is 0 Å². The standard InChI is InChI=1S/C13H21NO4/c1-2-18-13(15)10-6-4-8-11-7-3-5-9-12(11)14(16)17/h2-10H2,1H3. The Morgan fingerprint density at radius 1 is 1.33 bits per heavy atom. The molecule has 1 rings (SSSR count). The monoisotopic (exact) mass is 255 g/mol. The summed E-state index contributed by atoms with van der Waals surface area (Å²) < 4.78 is 4.83. The van der Waals surface area contributed by atoms with Crippen molar-refractivity contribution in [2.45, 2.75) is 58.3 Å². The van der Waals surface area contributed by atoms with Crippen LogP contribution in [-0.2, 0) is 9.53 Å². The summed E-state index contributed by atoms with van der Waals surface area (Å²) in [6.45, 7) is 2.20. The summed E-state index contributed by atoms with van der Waals surface area (Å²) in [4.78, 5) is 21.8. The lowest BCUT2D eigenvalue weighted by molar-refractivity contribution is -0.430. The van der Waals surface area contributed by atoms with E-state index in [0.29, 0.717) is 25.1 Å². The van der Waals surface area contributed by atoms with Gasteiger partial charge in [-0.15, -0.1) is 0 Å². The summed E-state index contributed by atoms with van der Waals surface area (Å²) in [5.41, 5.74) is 1.40. The first kappa shape index (κ1) is 14.7. The Morgan fingerprint density at radius 2 is 2.06 bits per heavy atom. The van der Waals surface area contributed by atoms with Crippen LogP contribution in [0.4, 0.5) is 0 Å². The number of unbranched alkanes of at least 4 members (excludes halogenated alkanes) is 1. The fourth-order valence-corrected chi connectivity index (χ4v) is 2.28. The molecule has 0 radical (unpaired) electrons. The maximum atomic E-state index is 11.1. The Morgan fingerprint density at radius 3 is 2.72 bits per heavy atom. The third kappa shape index (κ3) is 4.85. The summed E-state index contributed by atoms with van der Waals surface area (Å²) in [7, 11) is 0. The predicted molar refractivity (Wildman–Crippen MR) is 67.6 cm³/mol. The molecule has 1 aliphatic rings. The second kappa shape index (κ2) is 7.84. The van der Waals surface area contributed by atoms with Gasteiger partial charge in [-0.25, -0.2) is 0 Å². The van der Waals surface area contributed by atoms with Crippen molar-refractivity contribution >= 4 is 5.97 Å². The Hall–Kier alpha value is -1.39. The largest absolute Gasteiger partial charge is 0.466 e. The fourth-order valence-electron chi connectivity index (χ4n) is 2.28. The van der Waals surface area contributed by atoms with Crippen molar-refractivity contribution in [3.8, 4) is 0 Å². The molecule has 0 aromatic rings. The van der Waals surface area contributed by atoms with Crippen LogP contribution in [0.5, 0.6) is 0 Å². The quantitative estimate of drug-likeness (QED) is 0.303. The van der Waals surface area contributed by atoms with Gasteiger partial charge in [-0.3, -0.25) is 14.9 Å². The molecule has 0 atom stereocenters. The van der Waals surface area contributed by atoms with Gasteiger partial charge in [0, 0.05) is 18.4 Å². The first-order valence-electron chi connectivity index (χ1n) is 6.66. The lowest BCUT2D eigenvalue weighted by Gasteiger charge is -2.13. The average Bonchev–Trinajstić information content (AvgIpc) is 2.35. The van der Waals surface area contributed by atoms with Crippen LogP contribution in [0.2, 0.25) is 0 Å². The van der Waals surface area contributed by atoms with Crippen molar-refractivity contribution < 1.29 is 14.5 Å². The molecule has 0 aromatic heterocycles. The molecule has 0 amide bonds. The Balaban J connectivity index is 2.33. The normalized spacial score (nSPS) is 15.6. The zero-order valence-corrected chi connectivity index (χ0v) is 10.9. The molecule has 102 valence electrons. The minimum absolute atomic E-state index is 0.176. The Labute approximate surface area is 107 Å². The molecule has 0 N–H and O–H groups in total. The van der Waals surface area contributed by atoms with Crippen molar-refractivity contribution in [1.29, 1.82) is 0 Å². The maximum Gasteiger partial charge on any atom is 0.305 e. The average molecular weight is 255 g/mol. The van der Waals surface area contributed by atoms with Crippen LogP contribution in [0.3, 0.4) is 0 Å². The van der Waals surface area contributed by atoms with E-state index in [-0.39, 0.29) is 10.9 Å². The van der Waals surface area contributed by atoms with E-state index in [1.54, 1.807) is 6.92 Å². The zero-order chi connectivity index (χ0) is 13.4. The van der Waals surface area contributed by atoms with Gasteiger partial charge < -0.3 is 4.74 Å². The Bertz CT molecular complexity index is 336. The number of allylic oxidation sites excluding steroid dienone is 2. The molecule has 0 saturated heterocycles. The Kier molecular flexibility index (Phi) is 6.39. The number of ether oxygens (including phenoxy) is 1. The minimum atomic E-state index is -0.236. The topological polar surface area (TPSA) is 69.4 Å². The fraction of sp³-hybridized carbons (Fsp3) is 0.769. The molecule has 0 bridgehead atoms. The number of esters is 1. The van der Waals surface area contributed by atoms with Crippen LogP contribution in [0.1, 0.15) is 58.3 Å². The van der Waals surface area contributed by atoms with Crippen molar-refractivity contribution in [3.05, 3.63) is 21.4 Å². The second-order valence-corrected chi connectivity index (χ2v) is 4.53. The minimum Gasteiger partial charge on any atom is -0.466 e. The molecule has 0 unspecified atom stereocenters. The predicted octanol–water partition coefficient (Wildman–Crippen LogP) is 3.21. The van der Waals surface area contributed by atoms with Gasteiger partial charge in [0.25, 0.3) is 0 Å². The van der Waals surface area contributed by atoms with Crippen LogP contribution in [0, 0.1) is 10.1 Å². The van der Waals surface area contributed by atoms with Gasteiger partial charge in [-0.1, -0.05) is 0 Å². The van der Waals surface area contributed by atoms with Gasteiger partial charge in [0.05, 0.1) is 11.5 Å². The van der Waals surface area contributed by atoms with Crippen LogP contribution < -0.4 is 0 Å². The summed E-state index contributed by atoms with van der Waals surface area (Å²) in [5.74, 6) is -0.176. The van der Waals surface area contributed by atoms with Gasteiger partial charge in [-0.05, 0) is 45.4 Å². The molecule has 5 nitrogen and oxygen atoms in total. The van der Waals surface area contributed by atoms with E-state index in [0.717, 1.165) is 44.1 Å². The lowest BCUT2D eigenvalue weighted by Crippen LogP contribution is -2.08. The zero-order valence-electron chi connectivity index (χ0n) is 10.9. The first-order valence-corrected chi connectivity index (χ1v) is 6.66. The summed E-state index contributed by atoms with van der Waals surface area (Å²) >= 11 is 0. The van der Waals surface area contributed by atoms with E-state index in [4.69, 9.17) is 4.74 Å². The van der Waals surface area contributed by atoms with Crippen LogP contribution in [0.25, 0.3) is 0 Å². The lowest BCUT2D eigenvalue weighted by atomic mass is 9.92. The van der Waals surface area contributed by atoms with E-state index in [1.807, 2.05) is 0 Å². The molecular weight excluding hydrogens is 234 g/mol. The molecule has 0 aromatic carbocycles. The highest BCUT2D eigenvalue weighted by Crippen LogP contribution is 2.28. The van der Waals surface area contributed by atoms with Crippen LogP contribution in [-0.4, -0.2) is 17.5 Å². The van der Waals surface area contributed by atoms with Gasteiger partial charge in [0.15, 0.2) is 0 Å². The molecule has 0 fully saturated rings. The number of hydrogen-bond donors (Lipinski definition) is 0. The van der Waals surface area contributed by atoms with Gasteiger partial charge in [-0.2, -0.15) is 0 Å². The van der Waals surface area contributed by atoms with Crippen molar-refractivity contribution in [2.75, 3.05) is 6.61 Å². The molecule has 5 heteroatoms. The highest BCUT2D eigenvalue weighted by molar-refractivity contribution is 5.69. The first-order chi connectivity index (χ1) is 8.65. The molecule has 0 spiro atoms. The molecule has 0 saturated carbocycles.